The number of aromatic hydroxyl groups is 1. The summed E-state index contributed by atoms with van der Waals surface area (Å²) in [6.45, 7) is 5.23. The third-order valence-corrected chi connectivity index (χ3v) is 2.23. The van der Waals surface area contributed by atoms with Crippen molar-refractivity contribution in [1.29, 1.82) is 0 Å². The molecular weight excluding hydrogens is 236 g/mol. The molecule has 4 N–H and O–H groups in total. The van der Waals surface area contributed by atoms with E-state index in [2.05, 4.69) is 17.2 Å². The maximum absolute atomic E-state index is 11.5. The molecule has 0 bridgehead atoms. The maximum atomic E-state index is 11.5. The second kappa shape index (κ2) is 5.72. The van der Waals surface area contributed by atoms with Crippen molar-refractivity contribution < 1.29 is 19.8 Å². The molecule has 1 aromatic carbocycles. The van der Waals surface area contributed by atoms with Crippen molar-refractivity contribution >= 4 is 17.7 Å². The van der Waals surface area contributed by atoms with Crippen molar-refractivity contribution in [2.45, 2.75) is 13.0 Å². The highest BCUT2D eigenvalue weighted by molar-refractivity contribution is 5.97. The standard InChI is InChI=1S/C12H14N2O4/c1-3-7(2)13-12(18)14-9-6-4-5-8(10(9)15)11(16)17/h3-7,15H,1H2,2H3,(H,16,17)(H2,13,14,18). The molecule has 1 unspecified atom stereocenters. The van der Waals surface area contributed by atoms with Crippen LogP contribution in [-0.2, 0) is 0 Å². The number of rotatable bonds is 4. The Morgan fingerprint density at radius 1 is 1.44 bits per heavy atom. The van der Waals surface area contributed by atoms with Crippen LogP contribution < -0.4 is 10.6 Å². The average Bonchev–Trinajstić information content (AvgIpc) is 2.31. The number of amides is 2. The number of anilines is 1. The quantitative estimate of drug-likeness (QED) is 0.483. The number of urea groups is 1. The zero-order valence-corrected chi connectivity index (χ0v) is 9.80. The molecule has 18 heavy (non-hydrogen) atoms. The molecule has 0 aromatic heterocycles. The van der Waals surface area contributed by atoms with Crippen LogP contribution in [0.15, 0.2) is 30.9 Å². The molecule has 0 spiro atoms. The summed E-state index contributed by atoms with van der Waals surface area (Å²) in [7, 11) is 0. The molecule has 6 heteroatoms. The van der Waals surface area contributed by atoms with Crippen molar-refractivity contribution in [3.05, 3.63) is 36.4 Å². The van der Waals surface area contributed by atoms with Gasteiger partial charge in [-0.05, 0) is 19.1 Å². The SMILES string of the molecule is C=CC(C)NC(=O)Nc1cccc(C(=O)O)c1O. The number of phenols is 1. The Bertz CT molecular complexity index is 485. The molecule has 0 aliphatic heterocycles. The lowest BCUT2D eigenvalue weighted by Gasteiger charge is -2.12. The Morgan fingerprint density at radius 2 is 2.11 bits per heavy atom. The molecule has 1 rings (SSSR count). The van der Waals surface area contributed by atoms with Gasteiger partial charge >= 0.3 is 12.0 Å². The largest absolute Gasteiger partial charge is 0.505 e. The third-order valence-electron chi connectivity index (χ3n) is 2.23. The van der Waals surface area contributed by atoms with Crippen molar-refractivity contribution in [2.75, 3.05) is 5.32 Å². The molecular formula is C12H14N2O4. The van der Waals surface area contributed by atoms with E-state index in [4.69, 9.17) is 5.11 Å². The van der Waals surface area contributed by atoms with Crippen molar-refractivity contribution in [3.63, 3.8) is 0 Å². The molecule has 2 amide bonds. The first-order valence-electron chi connectivity index (χ1n) is 5.21. The molecule has 0 saturated heterocycles. The summed E-state index contributed by atoms with van der Waals surface area (Å²) >= 11 is 0. The monoisotopic (exact) mass is 250 g/mol. The average molecular weight is 250 g/mol. The molecule has 96 valence electrons. The van der Waals surface area contributed by atoms with E-state index in [0.29, 0.717) is 0 Å². The van der Waals surface area contributed by atoms with Gasteiger partial charge in [-0.25, -0.2) is 9.59 Å². The highest BCUT2D eigenvalue weighted by Gasteiger charge is 2.14. The van der Waals surface area contributed by atoms with Crippen LogP contribution in [0.4, 0.5) is 10.5 Å². The van der Waals surface area contributed by atoms with Crippen LogP contribution in [0.2, 0.25) is 0 Å². The van der Waals surface area contributed by atoms with Gasteiger partial charge in [0.05, 0.1) is 5.69 Å². The highest BCUT2D eigenvalue weighted by atomic mass is 16.4. The number of carboxylic acid groups (broad SMARTS) is 1. The van der Waals surface area contributed by atoms with Gasteiger partial charge in [0.15, 0.2) is 5.75 Å². The molecule has 0 aliphatic carbocycles. The summed E-state index contributed by atoms with van der Waals surface area (Å²) in [6.07, 6.45) is 1.53. The molecule has 0 heterocycles. The van der Waals surface area contributed by atoms with Gasteiger partial charge < -0.3 is 20.8 Å². The van der Waals surface area contributed by atoms with E-state index in [-0.39, 0.29) is 17.3 Å². The number of nitrogens with one attached hydrogen (secondary N) is 2. The zero-order valence-electron chi connectivity index (χ0n) is 9.80. The Morgan fingerprint density at radius 3 is 2.67 bits per heavy atom. The van der Waals surface area contributed by atoms with Gasteiger partial charge in [-0.2, -0.15) is 0 Å². The topological polar surface area (TPSA) is 98.7 Å². The summed E-state index contributed by atoms with van der Waals surface area (Å²) in [6, 6.07) is 3.28. The Kier molecular flexibility index (Phi) is 4.31. The van der Waals surface area contributed by atoms with Crippen molar-refractivity contribution in [1.82, 2.24) is 5.32 Å². The maximum Gasteiger partial charge on any atom is 0.339 e. The molecule has 0 aliphatic rings. The van der Waals surface area contributed by atoms with Gasteiger partial charge in [0.2, 0.25) is 0 Å². The van der Waals surface area contributed by atoms with Gasteiger partial charge in [-0.15, -0.1) is 6.58 Å². The first-order chi connectivity index (χ1) is 8.45. The zero-order chi connectivity index (χ0) is 13.7. The van der Waals surface area contributed by atoms with Crippen LogP contribution in [0.5, 0.6) is 5.75 Å². The van der Waals surface area contributed by atoms with Gasteiger partial charge in [0.25, 0.3) is 0 Å². The second-order valence-corrected chi connectivity index (χ2v) is 3.63. The number of hydrogen-bond donors (Lipinski definition) is 4. The summed E-state index contributed by atoms with van der Waals surface area (Å²) < 4.78 is 0. The smallest absolute Gasteiger partial charge is 0.339 e. The van der Waals surface area contributed by atoms with Crippen LogP contribution in [0, 0.1) is 0 Å². The molecule has 1 atom stereocenters. The highest BCUT2D eigenvalue weighted by Crippen LogP contribution is 2.27. The minimum atomic E-state index is -1.27. The fourth-order valence-corrected chi connectivity index (χ4v) is 1.24. The van der Waals surface area contributed by atoms with Crippen LogP contribution >= 0.6 is 0 Å². The van der Waals surface area contributed by atoms with E-state index in [1.54, 1.807) is 6.92 Å². The van der Waals surface area contributed by atoms with E-state index in [1.807, 2.05) is 0 Å². The lowest BCUT2D eigenvalue weighted by molar-refractivity contribution is 0.0693. The third kappa shape index (κ3) is 3.24. The molecule has 0 radical (unpaired) electrons. The van der Waals surface area contributed by atoms with E-state index >= 15 is 0 Å². The fraction of sp³-hybridized carbons (Fsp3) is 0.167. The minimum Gasteiger partial charge on any atom is -0.505 e. The predicted octanol–water partition coefficient (Wildman–Crippen LogP) is 1.79. The van der Waals surface area contributed by atoms with Gasteiger partial charge in [0, 0.05) is 6.04 Å². The van der Waals surface area contributed by atoms with Crippen molar-refractivity contribution in [3.8, 4) is 5.75 Å². The summed E-state index contributed by atoms with van der Waals surface area (Å²) in [5.41, 5.74) is -0.242. The number of carbonyl (C=O) groups is 2. The van der Waals surface area contributed by atoms with E-state index in [0.717, 1.165) is 0 Å². The minimum absolute atomic E-state index is 0.0312. The fourth-order valence-electron chi connectivity index (χ4n) is 1.24. The lowest BCUT2D eigenvalue weighted by Crippen LogP contribution is -2.34. The number of aromatic carboxylic acids is 1. The Labute approximate surface area is 104 Å². The van der Waals surface area contributed by atoms with Crippen LogP contribution in [0.3, 0.4) is 0 Å². The Hall–Kier alpha value is -2.50. The lowest BCUT2D eigenvalue weighted by atomic mass is 10.1. The van der Waals surface area contributed by atoms with Gasteiger partial charge in [0.1, 0.15) is 5.56 Å². The first kappa shape index (κ1) is 13.6. The number of benzene rings is 1. The number of carbonyl (C=O) groups excluding carboxylic acids is 1. The van der Waals surface area contributed by atoms with Crippen LogP contribution in [-0.4, -0.2) is 28.3 Å². The van der Waals surface area contributed by atoms with E-state index < -0.39 is 17.7 Å². The number of para-hydroxylation sites is 1. The molecule has 0 saturated carbocycles. The van der Waals surface area contributed by atoms with Crippen LogP contribution in [0.1, 0.15) is 17.3 Å². The van der Waals surface area contributed by atoms with Gasteiger partial charge in [-0.1, -0.05) is 12.1 Å². The summed E-state index contributed by atoms with van der Waals surface area (Å²) in [5.74, 6) is -1.75. The number of hydrogen-bond acceptors (Lipinski definition) is 3. The van der Waals surface area contributed by atoms with E-state index in [1.165, 1.54) is 24.3 Å². The van der Waals surface area contributed by atoms with Crippen molar-refractivity contribution in [2.24, 2.45) is 0 Å². The van der Waals surface area contributed by atoms with Gasteiger partial charge in [-0.3, -0.25) is 0 Å². The molecule has 1 aromatic rings. The van der Waals surface area contributed by atoms with E-state index in [9.17, 15) is 14.7 Å². The Balaban J connectivity index is 2.85. The summed E-state index contributed by atoms with van der Waals surface area (Å²) in [5, 5.41) is 23.3. The molecule has 0 fully saturated rings. The number of carboxylic acids is 1. The summed E-state index contributed by atoms with van der Waals surface area (Å²) in [4.78, 5) is 22.3. The molecule has 6 nitrogen and oxygen atoms in total. The predicted molar refractivity (Wildman–Crippen MR) is 66.9 cm³/mol. The van der Waals surface area contributed by atoms with Crippen LogP contribution in [0.25, 0.3) is 0 Å². The second-order valence-electron chi connectivity index (χ2n) is 3.63. The first-order valence-corrected chi connectivity index (χ1v) is 5.21. The normalized spacial score (nSPS) is 11.4.